The number of hydrogen-bond acceptors (Lipinski definition) is 3. The van der Waals surface area contributed by atoms with Gasteiger partial charge in [0.05, 0.1) is 14.2 Å². The summed E-state index contributed by atoms with van der Waals surface area (Å²) in [6, 6.07) is 13.3. The van der Waals surface area contributed by atoms with E-state index in [1.807, 2.05) is 18.3 Å². The van der Waals surface area contributed by atoms with Crippen molar-refractivity contribution in [1.29, 1.82) is 0 Å². The minimum atomic E-state index is -0.224. The first-order valence-corrected chi connectivity index (χ1v) is 8.52. The normalized spacial score (nSPS) is 11.4. The topological polar surface area (TPSA) is 63.4 Å². The highest BCUT2D eigenvalue weighted by Gasteiger charge is 2.25. The van der Waals surface area contributed by atoms with Crippen LogP contribution in [0.2, 0.25) is 0 Å². The summed E-state index contributed by atoms with van der Waals surface area (Å²) in [6.45, 7) is 4.75. The van der Waals surface area contributed by atoms with E-state index in [4.69, 9.17) is 9.47 Å². The fraction of sp³-hybridized carbons (Fsp3) is 0.286. The summed E-state index contributed by atoms with van der Waals surface area (Å²) in [5, 5.41) is 4.21. The molecule has 1 amide bonds. The van der Waals surface area contributed by atoms with Gasteiger partial charge in [-0.3, -0.25) is 4.79 Å². The lowest BCUT2D eigenvalue weighted by molar-refractivity contribution is 0.0945. The van der Waals surface area contributed by atoms with E-state index in [2.05, 4.69) is 36.3 Å². The van der Waals surface area contributed by atoms with Crippen LogP contribution in [0.4, 0.5) is 0 Å². The van der Waals surface area contributed by atoms with Gasteiger partial charge in [-0.1, -0.05) is 32.0 Å². The Hall–Kier alpha value is -2.95. The summed E-state index contributed by atoms with van der Waals surface area (Å²) in [6.07, 6.45) is 2.02. The maximum absolute atomic E-state index is 12.6. The van der Waals surface area contributed by atoms with E-state index in [9.17, 15) is 4.79 Å². The molecule has 3 rings (SSSR count). The van der Waals surface area contributed by atoms with Crippen molar-refractivity contribution >= 4 is 16.8 Å². The highest BCUT2D eigenvalue weighted by atomic mass is 16.5. The number of methoxy groups -OCH3 is 2. The number of benzene rings is 2. The summed E-state index contributed by atoms with van der Waals surface area (Å²) < 4.78 is 10.5. The third kappa shape index (κ3) is 3.52. The fourth-order valence-electron chi connectivity index (χ4n) is 3.07. The Morgan fingerprint density at radius 2 is 1.73 bits per heavy atom. The summed E-state index contributed by atoms with van der Waals surface area (Å²) in [5.41, 5.74) is 2.56. The zero-order valence-corrected chi connectivity index (χ0v) is 15.6. The molecule has 1 aromatic heterocycles. The van der Waals surface area contributed by atoms with Crippen LogP contribution < -0.4 is 14.8 Å². The highest BCUT2D eigenvalue weighted by molar-refractivity contribution is 5.95. The summed E-state index contributed by atoms with van der Waals surface area (Å²) in [7, 11) is 3.13. The van der Waals surface area contributed by atoms with Crippen molar-refractivity contribution in [2.24, 2.45) is 0 Å². The van der Waals surface area contributed by atoms with Gasteiger partial charge in [-0.25, -0.2) is 0 Å². The summed E-state index contributed by atoms with van der Waals surface area (Å²) in [5.74, 6) is 1.02. The molecular weight excluding hydrogens is 328 g/mol. The molecule has 0 saturated carbocycles. The number of ether oxygens (including phenoxy) is 2. The van der Waals surface area contributed by atoms with Crippen LogP contribution in [0.15, 0.2) is 48.7 Å². The number of aromatic amines is 1. The molecule has 0 aliphatic heterocycles. The lowest BCUT2D eigenvalue weighted by Crippen LogP contribution is -2.36. The van der Waals surface area contributed by atoms with Crippen molar-refractivity contribution in [1.82, 2.24) is 10.3 Å². The van der Waals surface area contributed by atoms with Gasteiger partial charge in [0, 0.05) is 40.7 Å². The number of carbonyl (C=O) groups excluding carboxylic acids is 1. The lowest BCUT2D eigenvalue weighted by Gasteiger charge is -2.25. The van der Waals surface area contributed by atoms with Gasteiger partial charge in [0.1, 0.15) is 11.5 Å². The number of aromatic nitrogens is 1. The van der Waals surface area contributed by atoms with Crippen molar-refractivity contribution in [3.63, 3.8) is 0 Å². The van der Waals surface area contributed by atoms with Crippen LogP contribution in [0.3, 0.4) is 0 Å². The molecule has 2 N–H and O–H groups in total. The van der Waals surface area contributed by atoms with Crippen LogP contribution in [0.1, 0.15) is 29.8 Å². The molecule has 0 aliphatic carbocycles. The molecule has 2 aromatic carbocycles. The van der Waals surface area contributed by atoms with Crippen molar-refractivity contribution in [3.05, 3.63) is 59.8 Å². The largest absolute Gasteiger partial charge is 0.497 e. The molecule has 26 heavy (non-hydrogen) atoms. The second-order valence-corrected chi connectivity index (χ2v) is 6.92. The first-order chi connectivity index (χ1) is 12.4. The quantitative estimate of drug-likeness (QED) is 0.707. The van der Waals surface area contributed by atoms with E-state index in [1.54, 1.807) is 32.4 Å². The lowest BCUT2D eigenvalue weighted by atomic mass is 9.84. The van der Waals surface area contributed by atoms with Crippen molar-refractivity contribution < 1.29 is 14.3 Å². The van der Waals surface area contributed by atoms with Gasteiger partial charge in [-0.05, 0) is 23.8 Å². The molecule has 0 fully saturated rings. The SMILES string of the molecule is COc1cc(OC)cc(C(=O)NCC(C)(C)c2c[nH]c3ccccc23)c1. The molecule has 0 bridgehead atoms. The van der Waals surface area contributed by atoms with Gasteiger partial charge >= 0.3 is 0 Å². The van der Waals surface area contributed by atoms with Gasteiger partial charge < -0.3 is 19.8 Å². The molecule has 0 radical (unpaired) electrons. The number of para-hydroxylation sites is 1. The number of nitrogens with one attached hydrogen (secondary N) is 2. The minimum absolute atomic E-state index is 0.157. The van der Waals surface area contributed by atoms with Crippen LogP contribution in [-0.2, 0) is 5.41 Å². The predicted molar refractivity (Wildman–Crippen MR) is 103 cm³/mol. The Labute approximate surface area is 153 Å². The van der Waals surface area contributed by atoms with Crippen LogP contribution in [0.25, 0.3) is 10.9 Å². The van der Waals surface area contributed by atoms with E-state index in [1.165, 1.54) is 10.9 Å². The zero-order chi connectivity index (χ0) is 18.7. The van der Waals surface area contributed by atoms with Gasteiger partial charge in [-0.2, -0.15) is 0 Å². The predicted octanol–water partition coefficient (Wildman–Crippen LogP) is 3.89. The van der Waals surface area contributed by atoms with E-state index in [-0.39, 0.29) is 11.3 Å². The maximum atomic E-state index is 12.6. The molecule has 5 heteroatoms. The maximum Gasteiger partial charge on any atom is 0.251 e. The van der Waals surface area contributed by atoms with E-state index in [0.29, 0.717) is 23.6 Å². The number of fused-ring (bicyclic) bond motifs is 1. The molecule has 0 unspecified atom stereocenters. The monoisotopic (exact) mass is 352 g/mol. The second kappa shape index (κ2) is 7.12. The van der Waals surface area contributed by atoms with E-state index < -0.39 is 0 Å². The Balaban J connectivity index is 1.78. The molecule has 3 aromatic rings. The van der Waals surface area contributed by atoms with Gasteiger partial charge in [0.2, 0.25) is 0 Å². The van der Waals surface area contributed by atoms with Crippen LogP contribution in [-0.4, -0.2) is 31.7 Å². The number of carbonyl (C=O) groups is 1. The van der Waals surface area contributed by atoms with Crippen LogP contribution in [0, 0.1) is 0 Å². The van der Waals surface area contributed by atoms with Crippen molar-refractivity contribution in [2.45, 2.75) is 19.3 Å². The molecule has 1 heterocycles. The van der Waals surface area contributed by atoms with Crippen LogP contribution in [0.5, 0.6) is 11.5 Å². The first-order valence-electron chi connectivity index (χ1n) is 8.52. The van der Waals surface area contributed by atoms with Crippen molar-refractivity contribution in [3.8, 4) is 11.5 Å². The molecular formula is C21H24N2O3. The molecule has 136 valence electrons. The van der Waals surface area contributed by atoms with E-state index in [0.717, 1.165) is 5.52 Å². The van der Waals surface area contributed by atoms with Crippen LogP contribution >= 0.6 is 0 Å². The zero-order valence-electron chi connectivity index (χ0n) is 15.6. The molecule has 0 aliphatic rings. The van der Waals surface area contributed by atoms with Gasteiger partial charge in [-0.15, -0.1) is 0 Å². The summed E-state index contributed by atoms with van der Waals surface area (Å²) >= 11 is 0. The first kappa shape index (κ1) is 17.9. The fourth-order valence-corrected chi connectivity index (χ4v) is 3.07. The molecule has 0 spiro atoms. The van der Waals surface area contributed by atoms with E-state index >= 15 is 0 Å². The number of H-pyrrole nitrogens is 1. The standard InChI is InChI=1S/C21H24N2O3/c1-21(2,18-12-22-19-8-6-5-7-17(18)19)13-23-20(24)14-9-15(25-3)11-16(10-14)26-4/h5-12,22H,13H2,1-4H3,(H,23,24). The highest BCUT2D eigenvalue weighted by Crippen LogP contribution is 2.30. The Morgan fingerprint density at radius 3 is 2.38 bits per heavy atom. The number of amides is 1. The number of rotatable bonds is 6. The number of hydrogen-bond donors (Lipinski definition) is 2. The average molecular weight is 352 g/mol. The minimum Gasteiger partial charge on any atom is -0.497 e. The summed E-state index contributed by atoms with van der Waals surface area (Å²) in [4.78, 5) is 15.9. The molecule has 0 saturated heterocycles. The van der Waals surface area contributed by atoms with Gasteiger partial charge in [0.15, 0.2) is 0 Å². The molecule has 5 nitrogen and oxygen atoms in total. The third-order valence-electron chi connectivity index (χ3n) is 4.62. The van der Waals surface area contributed by atoms with Gasteiger partial charge in [0.25, 0.3) is 5.91 Å². The van der Waals surface area contributed by atoms with Crippen molar-refractivity contribution in [2.75, 3.05) is 20.8 Å². The average Bonchev–Trinajstić information content (AvgIpc) is 3.10. The second-order valence-electron chi connectivity index (χ2n) is 6.92. The Bertz CT molecular complexity index is 906. The smallest absolute Gasteiger partial charge is 0.251 e. The Morgan fingerprint density at radius 1 is 1.08 bits per heavy atom. The Kier molecular flexibility index (Phi) is 4.89. The third-order valence-corrected chi connectivity index (χ3v) is 4.62. The molecule has 0 atom stereocenters.